The van der Waals surface area contributed by atoms with E-state index in [1.807, 2.05) is 0 Å². The number of rotatable bonds is 7. The number of anilines is 1. The average Bonchev–Trinajstić information content (AvgIpc) is 2.86. The molecule has 4 N–H and O–H groups in total. The summed E-state index contributed by atoms with van der Waals surface area (Å²) in [7, 11) is 0. The van der Waals surface area contributed by atoms with E-state index in [-0.39, 0.29) is 29.9 Å². The van der Waals surface area contributed by atoms with Crippen molar-refractivity contribution >= 4 is 29.3 Å². The SMILES string of the molecule is NCCCCCNc1ccc2c(c1)C(=O)N(C1CCC(=O)NC1=O)C2=O. The van der Waals surface area contributed by atoms with Crippen molar-refractivity contribution in [3.8, 4) is 0 Å². The van der Waals surface area contributed by atoms with Gasteiger partial charge in [-0.05, 0) is 44.0 Å². The molecule has 8 nitrogen and oxygen atoms in total. The van der Waals surface area contributed by atoms with Crippen LogP contribution < -0.4 is 16.4 Å². The first kappa shape index (κ1) is 18.1. The van der Waals surface area contributed by atoms with E-state index in [4.69, 9.17) is 5.73 Å². The fourth-order valence-electron chi connectivity index (χ4n) is 3.26. The molecule has 1 aromatic rings. The number of hydrogen-bond donors (Lipinski definition) is 3. The van der Waals surface area contributed by atoms with Crippen molar-refractivity contribution in [3.05, 3.63) is 29.3 Å². The summed E-state index contributed by atoms with van der Waals surface area (Å²) in [5.74, 6) is -1.97. The molecule has 1 atom stereocenters. The molecule has 2 heterocycles. The van der Waals surface area contributed by atoms with Crippen molar-refractivity contribution in [1.82, 2.24) is 10.2 Å². The van der Waals surface area contributed by atoms with Crippen LogP contribution in [0.2, 0.25) is 0 Å². The number of nitrogens with two attached hydrogens (primary N) is 1. The molecular formula is C18H22N4O4. The number of amides is 4. The van der Waals surface area contributed by atoms with E-state index in [9.17, 15) is 19.2 Å². The monoisotopic (exact) mass is 358 g/mol. The smallest absolute Gasteiger partial charge is 0.262 e. The Labute approximate surface area is 151 Å². The number of benzene rings is 1. The predicted molar refractivity (Wildman–Crippen MR) is 94.5 cm³/mol. The molecule has 1 fully saturated rings. The molecule has 0 bridgehead atoms. The number of unbranched alkanes of at least 4 members (excludes halogenated alkanes) is 2. The Morgan fingerprint density at radius 3 is 2.58 bits per heavy atom. The zero-order valence-corrected chi connectivity index (χ0v) is 14.4. The number of piperidine rings is 1. The van der Waals surface area contributed by atoms with Crippen LogP contribution in [-0.4, -0.2) is 47.7 Å². The van der Waals surface area contributed by atoms with Gasteiger partial charge in [-0.1, -0.05) is 6.42 Å². The number of fused-ring (bicyclic) bond motifs is 1. The minimum absolute atomic E-state index is 0.111. The highest BCUT2D eigenvalue weighted by molar-refractivity contribution is 6.23. The summed E-state index contributed by atoms with van der Waals surface area (Å²) >= 11 is 0. The van der Waals surface area contributed by atoms with Crippen molar-refractivity contribution in [1.29, 1.82) is 0 Å². The van der Waals surface area contributed by atoms with Crippen LogP contribution in [0.4, 0.5) is 5.69 Å². The normalized spacial score (nSPS) is 19.6. The molecule has 0 radical (unpaired) electrons. The van der Waals surface area contributed by atoms with Crippen molar-refractivity contribution in [2.45, 2.75) is 38.1 Å². The van der Waals surface area contributed by atoms with Crippen molar-refractivity contribution in [3.63, 3.8) is 0 Å². The van der Waals surface area contributed by atoms with Crippen molar-refractivity contribution in [2.75, 3.05) is 18.4 Å². The van der Waals surface area contributed by atoms with Gasteiger partial charge in [-0.25, -0.2) is 0 Å². The summed E-state index contributed by atoms with van der Waals surface area (Å²) < 4.78 is 0. The van der Waals surface area contributed by atoms with Gasteiger partial charge in [0.2, 0.25) is 11.8 Å². The first-order valence-electron chi connectivity index (χ1n) is 8.82. The van der Waals surface area contributed by atoms with Crippen LogP contribution in [-0.2, 0) is 9.59 Å². The Morgan fingerprint density at radius 1 is 1.08 bits per heavy atom. The van der Waals surface area contributed by atoms with E-state index in [0.29, 0.717) is 6.54 Å². The molecular weight excluding hydrogens is 336 g/mol. The number of carbonyl (C=O) groups excluding carboxylic acids is 4. The highest BCUT2D eigenvalue weighted by Crippen LogP contribution is 2.29. The lowest BCUT2D eigenvalue weighted by molar-refractivity contribution is -0.136. The fraction of sp³-hybridized carbons (Fsp3) is 0.444. The van der Waals surface area contributed by atoms with Gasteiger partial charge in [0.1, 0.15) is 6.04 Å². The van der Waals surface area contributed by atoms with Crippen molar-refractivity contribution in [2.24, 2.45) is 5.73 Å². The Morgan fingerprint density at radius 2 is 1.85 bits per heavy atom. The Hall–Kier alpha value is -2.74. The number of hydrogen-bond acceptors (Lipinski definition) is 6. The molecule has 3 rings (SSSR count). The first-order chi connectivity index (χ1) is 12.5. The molecule has 8 heteroatoms. The second kappa shape index (κ2) is 7.65. The molecule has 4 amide bonds. The molecule has 1 unspecified atom stereocenters. The summed E-state index contributed by atoms with van der Waals surface area (Å²) in [5.41, 5.74) is 6.78. The van der Waals surface area contributed by atoms with Crippen LogP contribution in [0.5, 0.6) is 0 Å². The zero-order chi connectivity index (χ0) is 18.7. The van der Waals surface area contributed by atoms with Crippen molar-refractivity contribution < 1.29 is 19.2 Å². The van der Waals surface area contributed by atoms with Crippen LogP contribution in [0.3, 0.4) is 0 Å². The van der Waals surface area contributed by atoms with Gasteiger partial charge in [-0.2, -0.15) is 0 Å². The molecule has 2 aliphatic heterocycles. The molecule has 0 spiro atoms. The first-order valence-corrected chi connectivity index (χ1v) is 8.82. The highest BCUT2D eigenvalue weighted by atomic mass is 16.2. The number of nitrogens with one attached hydrogen (secondary N) is 2. The van der Waals surface area contributed by atoms with Gasteiger partial charge >= 0.3 is 0 Å². The Bertz CT molecular complexity index is 762. The van der Waals surface area contributed by atoms with Crippen LogP contribution in [0.1, 0.15) is 52.8 Å². The molecule has 0 saturated carbocycles. The summed E-state index contributed by atoms with van der Waals surface area (Å²) in [6.07, 6.45) is 3.22. The van der Waals surface area contributed by atoms with E-state index in [1.165, 1.54) is 0 Å². The van der Waals surface area contributed by atoms with Gasteiger partial charge in [0, 0.05) is 18.7 Å². The van der Waals surface area contributed by atoms with Crippen LogP contribution >= 0.6 is 0 Å². The van der Waals surface area contributed by atoms with E-state index in [0.717, 1.165) is 36.4 Å². The standard InChI is InChI=1S/C18H22N4O4/c19-8-2-1-3-9-20-11-4-5-12-13(10-11)18(26)22(17(12)25)14-6-7-15(23)21-16(14)24/h4-5,10,14,20H,1-3,6-9,19H2,(H,21,23,24). The van der Waals surface area contributed by atoms with Gasteiger partial charge in [0.25, 0.3) is 11.8 Å². The van der Waals surface area contributed by atoms with Crippen LogP contribution in [0.25, 0.3) is 0 Å². The second-order valence-corrected chi connectivity index (χ2v) is 6.48. The molecule has 138 valence electrons. The lowest BCUT2D eigenvalue weighted by Crippen LogP contribution is -2.54. The summed E-state index contributed by atoms with van der Waals surface area (Å²) in [5, 5.41) is 5.42. The minimum Gasteiger partial charge on any atom is -0.385 e. The molecule has 1 aromatic carbocycles. The van der Waals surface area contributed by atoms with E-state index >= 15 is 0 Å². The fourth-order valence-corrected chi connectivity index (χ4v) is 3.26. The lowest BCUT2D eigenvalue weighted by Gasteiger charge is -2.27. The quantitative estimate of drug-likeness (QED) is 0.485. The molecule has 26 heavy (non-hydrogen) atoms. The molecule has 0 aliphatic carbocycles. The summed E-state index contributed by atoms with van der Waals surface area (Å²) in [6, 6.07) is 4.06. The number of carbonyl (C=O) groups is 4. The van der Waals surface area contributed by atoms with E-state index < -0.39 is 23.8 Å². The predicted octanol–water partition coefficient (Wildman–Crippen LogP) is 0.629. The van der Waals surface area contributed by atoms with Crippen LogP contribution in [0.15, 0.2) is 18.2 Å². The maximum atomic E-state index is 12.7. The summed E-state index contributed by atoms with van der Waals surface area (Å²) in [6.45, 7) is 1.42. The third-order valence-corrected chi connectivity index (χ3v) is 4.65. The zero-order valence-electron chi connectivity index (χ0n) is 14.4. The molecule has 2 aliphatic rings. The highest BCUT2D eigenvalue weighted by Gasteiger charge is 2.44. The van der Waals surface area contributed by atoms with Gasteiger partial charge in [0.15, 0.2) is 0 Å². The lowest BCUT2D eigenvalue weighted by atomic mass is 10.0. The molecule has 1 saturated heterocycles. The average molecular weight is 358 g/mol. The second-order valence-electron chi connectivity index (χ2n) is 6.48. The third kappa shape index (κ3) is 3.45. The third-order valence-electron chi connectivity index (χ3n) is 4.65. The van der Waals surface area contributed by atoms with Gasteiger partial charge in [0.05, 0.1) is 11.1 Å². The van der Waals surface area contributed by atoms with E-state index in [2.05, 4.69) is 10.6 Å². The number of imide groups is 2. The van der Waals surface area contributed by atoms with Gasteiger partial charge in [-0.3, -0.25) is 29.4 Å². The van der Waals surface area contributed by atoms with Crippen LogP contribution in [0, 0.1) is 0 Å². The topological polar surface area (TPSA) is 122 Å². The Balaban J connectivity index is 1.71. The largest absolute Gasteiger partial charge is 0.385 e. The van der Waals surface area contributed by atoms with Gasteiger partial charge in [-0.15, -0.1) is 0 Å². The van der Waals surface area contributed by atoms with E-state index in [1.54, 1.807) is 18.2 Å². The van der Waals surface area contributed by atoms with Gasteiger partial charge < -0.3 is 11.1 Å². The maximum Gasteiger partial charge on any atom is 0.262 e. The Kier molecular flexibility index (Phi) is 5.32. The minimum atomic E-state index is -0.937. The summed E-state index contributed by atoms with van der Waals surface area (Å²) in [4.78, 5) is 49.6. The molecule has 0 aromatic heterocycles. The maximum absolute atomic E-state index is 12.7. The number of nitrogens with zero attached hydrogens (tertiary/aromatic N) is 1.